The Bertz CT molecular complexity index is 1020. The molecule has 5 heteroatoms. The lowest BCUT2D eigenvalue weighted by Crippen LogP contribution is -2.27. The summed E-state index contributed by atoms with van der Waals surface area (Å²) in [5.74, 6) is 1.31. The predicted octanol–water partition coefficient (Wildman–Crippen LogP) is 5.05. The lowest BCUT2D eigenvalue weighted by molar-refractivity contribution is 0.1000. The Hall–Kier alpha value is -3.18. The molecule has 0 spiro atoms. The molecule has 0 aliphatic carbocycles. The van der Waals surface area contributed by atoms with Crippen LogP contribution in [-0.2, 0) is 6.54 Å². The second kappa shape index (κ2) is 9.75. The van der Waals surface area contributed by atoms with Crippen LogP contribution in [0.15, 0.2) is 66.9 Å². The van der Waals surface area contributed by atoms with Crippen LogP contribution in [-0.4, -0.2) is 28.9 Å². The van der Waals surface area contributed by atoms with Gasteiger partial charge in [0.25, 0.3) is 0 Å². The van der Waals surface area contributed by atoms with Gasteiger partial charge < -0.3 is 10.5 Å². The molecule has 0 bridgehead atoms. The summed E-state index contributed by atoms with van der Waals surface area (Å²) in [5, 5.41) is 0. The van der Waals surface area contributed by atoms with Crippen molar-refractivity contribution in [2.24, 2.45) is 5.73 Å². The van der Waals surface area contributed by atoms with E-state index in [9.17, 15) is 4.79 Å². The Morgan fingerprint density at radius 2 is 1.97 bits per heavy atom. The van der Waals surface area contributed by atoms with Gasteiger partial charge >= 0.3 is 0 Å². The summed E-state index contributed by atoms with van der Waals surface area (Å²) < 4.78 is 5.91. The molecular weight excluding hydrogens is 386 g/mol. The van der Waals surface area contributed by atoms with E-state index in [2.05, 4.69) is 52.3 Å². The lowest BCUT2D eigenvalue weighted by atomic mass is 9.94. The van der Waals surface area contributed by atoms with Crippen molar-refractivity contribution < 1.29 is 9.53 Å². The zero-order chi connectivity index (χ0) is 21.6. The molecule has 2 N–H and O–H groups in total. The van der Waals surface area contributed by atoms with Crippen molar-refractivity contribution in [1.29, 1.82) is 0 Å². The van der Waals surface area contributed by atoms with Gasteiger partial charge in [0, 0.05) is 25.4 Å². The van der Waals surface area contributed by atoms with Crippen molar-refractivity contribution in [1.82, 2.24) is 9.88 Å². The van der Waals surface area contributed by atoms with Crippen LogP contribution in [0.1, 0.15) is 52.2 Å². The number of benzene rings is 2. The van der Waals surface area contributed by atoms with Gasteiger partial charge in [0.2, 0.25) is 11.8 Å². The maximum absolute atomic E-state index is 11.2. The van der Waals surface area contributed by atoms with Gasteiger partial charge in [-0.25, -0.2) is 4.98 Å². The number of rotatable bonds is 6. The smallest absolute Gasteiger partial charge is 0.250 e. The van der Waals surface area contributed by atoms with Crippen LogP contribution in [0.3, 0.4) is 0 Å². The molecule has 2 aromatic carbocycles. The van der Waals surface area contributed by atoms with Gasteiger partial charge in [-0.05, 0) is 61.1 Å². The minimum atomic E-state index is -0.498. The predicted molar refractivity (Wildman–Crippen MR) is 122 cm³/mol. The SMILES string of the molecule is Cc1cc(CN2CCCCC(c3ccccc3)C2)ccc1Oc1ccc(C(N)=O)cn1. The molecule has 5 nitrogen and oxygen atoms in total. The largest absolute Gasteiger partial charge is 0.439 e. The van der Waals surface area contributed by atoms with Gasteiger partial charge in [0.05, 0.1) is 5.56 Å². The summed E-state index contributed by atoms with van der Waals surface area (Å²) in [6.45, 7) is 5.22. The van der Waals surface area contributed by atoms with Gasteiger partial charge in [0.15, 0.2) is 0 Å². The maximum atomic E-state index is 11.2. The number of aryl methyl sites for hydroxylation is 1. The fourth-order valence-corrected chi connectivity index (χ4v) is 4.24. The monoisotopic (exact) mass is 415 g/mol. The molecule has 160 valence electrons. The molecule has 4 rings (SSSR count). The van der Waals surface area contributed by atoms with Gasteiger partial charge in [-0.1, -0.05) is 48.9 Å². The van der Waals surface area contributed by atoms with Crippen molar-refractivity contribution >= 4 is 5.91 Å². The van der Waals surface area contributed by atoms with Crippen molar-refractivity contribution in [3.05, 3.63) is 89.1 Å². The van der Waals surface area contributed by atoms with E-state index in [4.69, 9.17) is 10.5 Å². The quantitative estimate of drug-likeness (QED) is 0.612. The molecule has 1 atom stereocenters. The number of nitrogens with two attached hydrogens (primary N) is 1. The van der Waals surface area contributed by atoms with Crippen molar-refractivity contribution in [2.45, 2.75) is 38.6 Å². The van der Waals surface area contributed by atoms with Crippen LogP contribution in [0.25, 0.3) is 0 Å². The first-order valence-electron chi connectivity index (χ1n) is 10.9. The molecule has 1 saturated heterocycles. The Labute approximate surface area is 183 Å². The number of amides is 1. The molecule has 31 heavy (non-hydrogen) atoms. The fourth-order valence-electron chi connectivity index (χ4n) is 4.24. The van der Waals surface area contributed by atoms with Gasteiger partial charge in [-0.15, -0.1) is 0 Å². The number of aromatic nitrogens is 1. The highest BCUT2D eigenvalue weighted by molar-refractivity contribution is 5.92. The van der Waals surface area contributed by atoms with Crippen LogP contribution in [0, 0.1) is 6.92 Å². The minimum Gasteiger partial charge on any atom is -0.439 e. The molecule has 1 aliphatic rings. The lowest BCUT2D eigenvalue weighted by Gasteiger charge is -2.25. The number of primary amides is 1. The van der Waals surface area contributed by atoms with E-state index in [0.717, 1.165) is 30.9 Å². The van der Waals surface area contributed by atoms with Crippen LogP contribution in [0.2, 0.25) is 0 Å². The number of ether oxygens (including phenoxy) is 1. The maximum Gasteiger partial charge on any atom is 0.250 e. The highest BCUT2D eigenvalue weighted by Gasteiger charge is 2.20. The molecule has 1 aliphatic heterocycles. The average molecular weight is 416 g/mol. The first-order chi connectivity index (χ1) is 15.1. The Morgan fingerprint density at radius 1 is 1.13 bits per heavy atom. The molecule has 1 amide bonds. The topological polar surface area (TPSA) is 68.5 Å². The summed E-state index contributed by atoms with van der Waals surface area (Å²) in [6.07, 6.45) is 5.22. The average Bonchev–Trinajstić information content (AvgIpc) is 3.02. The van der Waals surface area contributed by atoms with E-state index >= 15 is 0 Å². The van der Waals surface area contributed by atoms with E-state index in [0.29, 0.717) is 17.4 Å². The summed E-state index contributed by atoms with van der Waals surface area (Å²) in [5.41, 5.74) is 9.43. The number of hydrogen-bond donors (Lipinski definition) is 1. The van der Waals surface area contributed by atoms with Crippen molar-refractivity contribution in [3.63, 3.8) is 0 Å². The summed E-state index contributed by atoms with van der Waals surface area (Å²) in [6, 6.07) is 20.5. The molecular formula is C26H29N3O2. The molecule has 0 saturated carbocycles. The third kappa shape index (κ3) is 5.50. The second-order valence-electron chi connectivity index (χ2n) is 8.29. The van der Waals surface area contributed by atoms with E-state index < -0.39 is 5.91 Å². The number of pyridine rings is 1. The molecule has 1 fully saturated rings. The standard InChI is InChI=1S/C26H29N3O2/c1-19-15-20(10-12-24(19)31-25-13-11-22(16-28-25)26(27)30)17-29-14-6-5-9-23(18-29)21-7-3-2-4-8-21/h2-4,7-8,10-13,15-16,23H,5-6,9,14,17-18H2,1H3,(H2,27,30). The number of nitrogens with zero attached hydrogens (tertiary/aromatic N) is 2. The third-order valence-corrected chi connectivity index (χ3v) is 5.91. The Morgan fingerprint density at radius 3 is 2.68 bits per heavy atom. The summed E-state index contributed by atoms with van der Waals surface area (Å²) in [7, 11) is 0. The van der Waals surface area contributed by atoms with Crippen molar-refractivity contribution in [3.8, 4) is 11.6 Å². The number of likely N-dealkylation sites (tertiary alicyclic amines) is 1. The highest BCUT2D eigenvalue weighted by Crippen LogP contribution is 2.29. The summed E-state index contributed by atoms with van der Waals surface area (Å²) in [4.78, 5) is 17.9. The minimum absolute atomic E-state index is 0.366. The van der Waals surface area contributed by atoms with Gasteiger partial charge in [-0.3, -0.25) is 9.69 Å². The Kier molecular flexibility index (Phi) is 6.63. The Balaban J connectivity index is 1.42. The number of carbonyl (C=O) groups excluding carboxylic acids is 1. The second-order valence-corrected chi connectivity index (χ2v) is 8.29. The molecule has 2 heterocycles. The van der Waals surface area contributed by atoms with E-state index in [1.165, 1.54) is 36.6 Å². The van der Waals surface area contributed by atoms with E-state index in [1.807, 2.05) is 13.0 Å². The molecule has 0 radical (unpaired) electrons. The first-order valence-corrected chi connectivity index (χ1v) is 10.9. The van der Waals surface area contributed by atoms with Crippen LogP contribution < -0.4 is 10.5 Å². The zero-order valence-corrected chi connectivity index (χ0v) is 18.0. The van der Waals surface area contributed by atoms with Crippen LogP contribution in [0.4, 0.5) is 0 Å². The third-order valence-electron chi connectivity index (χ3n) is 5.91. The molecule has 1 unspecified atom stereocenters. The first kappa shape index (κ1) is 21.1. The number of carbonyl (C=O) groups is 1. The van der Waals surface area contributed by atoms with E-state index in [1.54, 1.807) is 12.1 Å². The van der Waals surface area contributed by atoms with E-state index in [-0.39, 0.29) is 0 Å². The van der Waals surface area contributed by atoms with Crippen LogP contribution in [0.5, 0.6) is 11.6 Å². The summed E-state index contributed by atoms with van der Waals surface area (Å²) >= 11 is 0. The van der Waals surface area contributed by atoms with Gasteiger partial charge in [0.1, 0.15) is 5.75 Å². The highest BCUT2D eigenvalue weighted by atomic mass is 16.5. The van der Waals surface area contributed by atoms with Crippen molar-refractivity contribution in [2.75, 3.05) is 13.1 Å². The van der Waals surface area contributed by atoms with Crippen LogP contribution >= 0.6 is 0 Å². The molecule has 3 aromatic rings. The molecule has 1 aromatic heterocycles. The number of hydrogen-bond acceptors (Lipinski definition) is 4. The fraction of sp³-hybridized carbons (Fsp3) is 0.308. The zero-order valence-electron chi connectivity index (χ0n) is 18.0. The van der Waals surface area contributed by atoms with Gasteiger partial charge in [-0.2, -0.15) is 0 Å². The normalized spacial score (nSPS) is 17.1.